The van der Waals surface area contributed by atoms with Gasteiger partial charge in [0, 0.05) is 24.7 Å². The molecule has 0 aliphatic carbocycles. The summed E-state index contributed by atoms with van der Waals surface area (Å²) < 4.78 is 0. The lowest BCUT2D eigenvalue weighted by Crippen LogP contribution is -2.46. The van der Waals surface area contributed by atoms with Crippen LogP contribution in [0, 0.1) is 5.41 Å². The van der Waals surface area contributed by atoms with E-state index in [-0.39, 0.29) is 17.6 Å². The Hall–Kier alpha value is -1.88. The Morgan fingerprint density at radius 1 is 1.50 bits per heavy atom. The van der Waals surface area contributed by atoms with E-state index in [1.165, 1.54) is 5.57 Å². The molecule has 0 saturated carbocycles. The van der Waals surface area contributed by atoms with Crippen LogP contribution in [0.4, 0.5) is 5.82 Å². The zero-order valence-corrected chi connectivity index (χ0v) is 13.2. The van der Waals surface area contributed by atoms with E-state index in [9.17, 15) is 15.0 Å². The first kappa shape index (κ1) is 16.5. The zero-order chi connectivity index (χ0) is 16.2. The molecule has 1 aromatic rings. The van der Waals surface area contributed by atoms with Gasteiger partial charge in [-0.1, -0.05) is 11.6 Å². The Morgan fingerprint density at radius 2 is 2.27 bits per heavy atom. The Bertz CT molecular complexity index is 567. The highest BCUT2D eigenvalue weighted by molar-refractivity contribution is 5.93. The van der Waals surface area contributed by atoms with E-state index < -0.39 is 5.97 Å². The van der Waals surface area contributed by atoms with E-state index in [1.807, 2.05) is 18.7 Å². The Kier molecular flexibility index (Phi) is 5.19. The topological polar surface area (TPSA) is 73.7 Å². The van der Waals surface area contributed by atoms with E-state index in [1.54, 1.807) is 18.3 Å². The smallest absolute Gasteiger partial charge is 0.339 e. The highest BCUT2D eigenvalue weighted by Crippen LogP contribution is 2.36. The third-order valence-corrected chi connectivity index (χ3v) is 4.26. The van der Waals surface area contributed by atoms with Gasteiger partial charge in [-0.2, -0.15) is 0 Å². The van der Waals surface area contributed by atoms with Gasteiger partial charge in [0.1, 0.15) is 11.4 Å². The summed E-state index contributed by atoms with van der Waals surface area (Å²) in [6.07, 6.45) is 6.44. The van der Waals surface area contributed by atoms with Crippen molar-refractivity contribution in [3.05, 3.63) is 35.5 Å². The molecule has 1 aliphatic heterocycles. The first-order chi connectivity index (χ1) is 10.5. The third kappa shape index (κ3) is 3.65. The van der Waals surface area contributed by atoms with Crippen LogP contribution in [0.2, 0.25) is 0 Å². The van der Waals surface area contributed by atoms with Crippen LogP contribution in [0.15, 0.2) is 30.0 Å². The molecular formula is C17H24N2O3. The highest BCUT2D eigenvalue weighted by atomic mass is 16.4. The summed E-state index contributed by atoms with van der Waals surface area (Å²) in [5, 5.41) is 19.2. The van der Waals surface area contributed by atoms with Crippen molar-refractivity contribution >= 4 is 11.8 Å². The summed E-state index contributed by atoms with van der Waals surface area (Å²) in [5.41, 5.74) is 1.23. The van der Waals surface area contributed by atoms with Gasteiger partial charge in [0.25, 0.3) is 0 Å². The number of rotatable bonds is 5. The summed E-state index contributed by atoms with van der Waals surface area (Å²) >= 11 is 0. The van der Waals surface area contributed by atoms with Crippen molar-refractivity contribution in [2.45, 2.75) is 33.1 Å². The number of carboxylic acid groups (broad SMARTS) is 1. The molecule has 1 unspecified atom stereocenters. The van der Waals surface area contributed by atoms with Crippen LogP contribution in [-0.4, -0.2) is 40.9 Å². The molecular weight excluding hydrogens is 280 g/mol. The third-order valence-electron chi connectivity index (χ3n) is 4.26. The van der Waals surface area contributed by atoms with Gasteiger partial charge in [-0.3, -0.25) is 0 Å². The zero-order valence-electron chi connectivity index (χ0n) is 13.2. The lowest BCUT2D eigenvalue weighted by Gasteiger charge is -2.42. The number of hydrogen-bond donors (Lipinski definition) is 2. The molecule has 0 spiro atoms. The average molecular weight is 304 g/mol. The number of hydrogen-bond acceptors (Lipinski definition) is 4. The number of carbonyl (C=O) groups is 1. The fourth-order valence-electron chi connectivity index (χ4n) is 2.99. The van der Waals surface area contributed by atoms with Gasteiger partial charge in [0.2, 0.25) is 0 Å². The second-order valence-corrected chi connectivity index (χ2v) is 6.35. The number of carboxylic acids is 1. The molecule has 0 amide bonds. The summed E-state index contributed by atoms with van der Waals surface area (Å²) in [4.78, 5) is 17.7. The molecule has 0 bridgehead atoms. The van der Waals surface area contributed by atoms with E-state index in [4.69, 9.17) is 0 Å². The minimum Gasteiger partial charge on any atom is -0.478 e. The van der Waals surface area contributed by atoms with Crippen molar-refractivity contribution in [2.75, 3.05) is 24.6 Å². The summed E-state index contributed by atoms with van der Waals surface area (Å²) in [6.45, 7) is 5.60. The maximum absolute atomic E-state index is 11.4. The number of pyridine rings is 1. The summed E-state index contributed by atoms with van der Waals surface area (Å²) in [5.74, 6) is -0.461. The van der Waals surface area contributed by atoms with Crippen LogP contribution in [0.5, 0.6) is 0 Å². The standard InChI is InChI=1S/C17H24N2O3/c1-13(2)6-8-17(12-20)7-4-10-19(11-17)15-14(16(21)22)5-3-9-18-15/h3,5-6,9,20H,4,7-8,10-12H2,1-2H3,(H,21,22). The predicted octanol–water partition coefficient (Wildman–Crippen LogP) is 2.72. The van der Waals surface area contributed by atoms with Crippen molar-refractivity contribution in [1.82, 2.24) is 4.98 Å². The number of anilines is 1. The van der Waals surface area contributed by atoms with E-state index in [2.05, 4.69) is 11.1 Å². The highest BCUT2D eigenvalue weighted by Gasteiger charge is 2.35. The van der Waals surface area contributed by atoms with Crippen LogP contribution >= 0.6 is 0 Å². The molecule has 1 fully saturated rings. The fourth-order valence-corrected chi connectivity index (χ4v) is 2.99. The molecule has 1 aliphatic rings. The van der Waals surface area contributed by atoms with Gasteiger partial charge in [-0.25, -0.2) is 9.78 Å². The number of aliphatic hydroxyl groups excluding tert-OH is 1. The number of aromatic nitrogens is 1. The van der Waals surface area contributed by atoms with Crippen molar-refractivity contribution in [3.8, 4) is 0 Å². The molecule has 0 radical (unpaired) electrons. The number of allylic oxidation sites excluding steroid dienone is 2. The molecule has 120 valence electrons. The van der Waals surface area contributed by atoms with Crippen molar-refractivity contribution in [1.29, 1.82) is 0 Å². The molecule has 1 aromatic heterocycles. The van der Waals surface area contributed by atoms with E-state index in [0.717, 1.165) is 25.8 Å². The second-order valence-electron chi connectivity index (χ2n) is 6.35. The molecule has 1 atom stereocenters. The van der Waals surface area contributed by atoms with Crippen LogP contribution in [0.3, 0.4) is 0 Å². The van der Waals surface area contributed by atoms with Gasteiger partial charge in [-0.05, 0) is 45.2 Å². The van der Waals surface area contributed by atoms with Crippen LogP contribution in [0.25, 0.3) is 0 Å². The lowest BCUT2D eigenvalue weighted by molar-refractivity contribution is 0.0696. The minimum atomic E-state index is -0.965. The Morgan fingerprint density at radius 3 is 2.91 bits per heavy atom. The normalized spacial score (nSPS) is 21.5. The first-order valence-electron chi connectivity index (χ1n) is 7.65. The number of aromatic carboxylic acids is 1. The van der Waals surface area contributed by atoms with Crippen LogP contribution < -0.4 is 4.90 Å². The van der Waals surface area contributed by atoms with Gasteiger partial charge in [-0.15, -0.1) is 0 Å². The Balaban J connectivity index is 2.26. The molecule has 22 heavy (non-hydrogen) atoms. The monoisotopic (exact) mass is 304 g/mol. The molecule has 5 nitrogen and oxygen atoms in total. The first-order valence-corrected chi connectivity index (χ1v) is 7.65. The van der Waals surface area contributed by atoms with Crippen LogP contribution in [-0.2, 0) is 0 Å². The number of aliphatic hydroxyl groups is 1. The van der Waals surface area contributed by atoms with Crippen LogP contribution in [0.1, 0.15) is 43.5 Å². The van der Waals surface area contributed by atoms with E-state index in [0.29, 0.717) is 12.4 Å². The minimum absolute atomic E-state index is 0.0997. The molecule has 0 aromatic carbocycles. The Labute approximate surface area is 131 Å². The van der Waals surface area contributed by atoms with Gasteiger partial charge in [0.15, 0.2) is 0 Å². The number of piperidine rings is 1. The SMILES string of the molecule is CC(C)=CCC1(CO)CCCN(c2ncccc2C(=O)O)C1. The molecule has 2 N–H and O–H groups in total. The average Bonchev–Trinajstić information content (AvgIpc) is 2.53. The quantitative estimate of drug-likeness (QED) is 0.818. The molecule has 1 saturated heterocycles. The molecule has 2 heterocycles. The van der Waals surface area contributed by atoms with Crippen molar-refractivity contribution in [2.24, 2.45) is 5.41 Å². The van der Waals surface area contributed by atoms with Gasteiger partial charge >= 0.3 is 5.97 Å². The van der Waals surface area contributed by atoms with Gasteiger partial charge in [0.05, 0.1) is 6.61 Å². The second kappa shape index (κ2) is 6.92. The predicted molar refractivity (Wildman–Crippen MR) is 86.2 cm³/mol. The lowest BCUT2D eigenvalue weighted by atomic mass is 9.77. The largest absolute Gasteiger partial charge is 0.478 e. The number of nitrogens with zero attached hydrogens (tertiary/aromatic N) is 2. The maximum Gasteiger partial charge on any atom is 0.339 e. The molecule has 2 rings (SSSR count). The van der Waals surface area contributed by atoms with Crippen molar-refractivity contribution < 1.29 is 15.0 Å². The fraction of sp³-hybridized carbons (Fsp3) is 0.529. The summed E-state index contributed by atoms with van der Waals surface area (Å²) in [7, 11) is 0. The van der Waals surface area contributed by atoms with Gasteiger partial charge < -0.3 is 15.1 Å². The molecule has 5 heteroatoms. The van der Waals surface area contributed by atoms with Crippen molar-refractivity contribution in [3.63, 3.8) is 0 Å². The maximum atomic E-state index is 11.4. The van der Waals surface area contributed by atoms with E-state index >= 15 is 0 Å². The summed E-state index contributed by atoms with van der Waals surface area (Å²) in [6, 6.07) is 3.22.